The Balaban J connectivity index is 1.94. The van der Waals surface area contributed by atoms with Crippen molar-refractivity contribution in [2.75, 3.05) is 6.54 Å². The Bertz CT molecular complexity index is 718. The van der Waals surface area contributed by atoms with Crippen molar-refractivity contribution in [1.29, 1.82) is 0 Å². The third-order valence-electron chi connectivity index (χ3n) is 5.34. The van der Waals surface area contributed by atoms with Gasteiger partial charge in [-0.3, -0.25) is 0 Å². The first-order valence-electron chi connectivity index (χ1n) is 9.19. The van der Waals surface area contributed by atoms with Crippen LogP contribution in [-0.4, -0.2) is 25.3 Å². The minimum atomic E-state index is -3.43. The summed E-state index contributed by atoms with van der Waals surface area (Å²) in [5.41, 5.74) is 4.31. The van der Waals surface area contributed by atoms with Crippen molar-refractivity contribution >= 4 is 10.0 Å². The Labute approximate surface area is 146 Å². The fraction of sp³-hybridized carbons (Fsp3) is 0.600. The van der Waals surface area contributed by atoms with E-state index < -0.39 is 10.0 Å². The molecule has 2 fully saturated rings. The Morgan fingerprint density at radius 1 is 1.00 bits per heavy atom. The molecular formula is C20H29NO2S. The Kier molecular flexibility index (Phi) is 5.16. The van der Waals surface area contributed by atoms with Gasteiger partial charge in [-0.2, -0.15) is 4.31 Å². The van der Waals surface area contributed by atoms with Gasteiger partial charge in [-0.25, -0.2) is 8.42 Å². The lowest BCUT2D eigenvalue weighted by atomic mass is 9.93. The highest BCUT2D eigenvalue weighted by atomic mass is 32.2. The number of benzene rings is 1. The Morgan fingerprint density at radius 3 is 2.25 bits per heavy atom. The lowest BCUT2D eigenvalue weighted by Crippen LogP contribution is -2.35. The van der Waals surface area contributed by atoms with Crippen molar-refractivity contribution in [2.45, 2.75) is 76.7 Å². The van der Waals surface area contributed by atoms with E-state index in [1.165, 1.54) is 24.8 Å². The standard InChI is InChI=1S/C20H29NO2S/c1-15-12-16(2)20(17(3)13-15)24(22,23)21-11-7-10-19(21)14-18-8-5-4-6-9-18/h12-14,19H,4-11H2,1-3H3/t19-/m1/s1. The molecule has 1 aromatic carbocycles. The van der Waals surface area contributed by atoms with E-state index in [2.05, 4.69) is 6.08 Å². The van der Waals surface area contributed by atoms with Gasteiger partial charge in [0.05, 0.1) is 4.90 Å². The summed E-state index contributed by atoms with van der Waals surface area (Å²) in [5.74, 6) is 0. The molecule has 3 nitrogen and oxygen atoms in total. The van der Waals surface area contributed by atoms with Crippen molar-refractivity contribution in [2.24, 2.45) is 0 Å². The van der Waals surface area contributed by atoms with Crippen molar-refractivity contribution < 1.29 is 8.42 Å². The zero-order valence-corrected chi connectivity index (χ0v) is 16.0. The van der Waals surface area contributed by atoms with Crippen LogP contribution < -0.4 is 0 Å². The first kappa shape index (κ1) is 17.7. The van der Waals surface area contributed by atoms with Crippen molar-refractivity contribution in [3.8, 4) is 0 Å². The normalized spacial score (nSPS) is 22.8. The van der Waals surface area contributed by atoms with Gasteiger partial charge in [0.2, 0.25) is 10.0 Å². The van der Waals surface area contributed by atoms with Gasteiger partial charge in [-0.1, -0.05) is 35.8 Å². The van der Waals surface area contributed by atoms with Crippen LogP contribution in [0.1, 0.15) is 61.6 Å². The van der Waals surface area contributed by atoms with Crippen LogP contribution in [0.2, 0.25) is 0 Å². The number of hydrogen-bond acceptors (Lipinski definition) is 2. The molecule has 2 aliphatic rings. The summed E-state index contributed by atoms with van der Waals surface area (Å²) < 4.78 is 28.4. The van der Waals surface area contributed by atoms with Crippen LogP contribution in [0, 0.1) is 20.8 Å². The Morgan fingerprint density at radius 2 is 1.62 bits per heavy atom. The average molecular weight is 348 g/mol. The van der Waals surface area contributed by atoms with Crippen molar-refractivity contribution in [3.63, 3.8) is 0 Å². The molecule has 0 spiro atoms. The summed E-state index contributed by atoms with van der Waals surface area (Å²) in [6, 6.07) is 4.00. The number of allylic oxidation sites excluding steroid dienone is 1. The van der Waals surface area contributed by atoms with Crippen LogP contribution in [0.4, 0.5) is 0 Å². The SMILES string of the molecule is Cc1cc(C)c(S(=O)(=O)N2CCC[C@@H]2C=C2CCCCC2)c(C)c1. The van der Waals surface area contributed by atoms with Gasteiger partial charge in [0, 0.05) is 12.6 Å². The van der Waals surface area contributed by atoms with Crippen LogP contribution in [0.25, 0.3) is 0 Å². The number of rotatable bonds is 3. The minimum absolute atomic E-state index is 0.0446. The smallest absolute Gasteiger partial charge is 0.207 e. The highest BCUT2D eigenvalue weighted by molar-refractivity contribution is 7.89. The molecule has 0 radical (unpaired) electrons. The molecule has 4 heteroatoms. The zero-order chi connectivity index (χ0) is 17.3. The molecule has 3 rings (SSSR count). The second kappa shape index (κ2) is 7.01. The average Bonchev–Trinajstić information content (AvgIpc) is 2.96. The summed E-state index contributed by atoms with van der Waals surface area (Å²) in [4.78, 5) is 0.516. The Hall–Kier alpha value is -1.13. The number of aryl methyl sites for hydroxylation is 3. The van der Waals surface area contributed by atoms with E-state index in [1.54, 1.807) is 4.31 Å². The molecule has 0 bridgehead atoms. The van der Waals surface area contributed by atoms with E-state index in [9.17, 15) is 8.42 Å². The second-order valence-electron chi connectivity index (χ2n) is 7.44. The molecule has 0 aromatic heterocycles. The number of nitrogens with zero attached hydrogens (tertiary/aromatic N) is 1. The van der Waals surface area contributed by atoms with E-state index in [0.29, 0.717) is 11.4 Å². The first-order valence-corrected chi connectivity index (χ1v) is 10.6. The molecule has 0 amide bonds. The van der Waals surface area contributed by atoms with Gasteiger partial charge in [-0.15, -0.1) is 0 Å². The molecule has 1 aliphatic carbocycles. The molecule has 1 saturated heterocycles. The fourth-order valence-electron chi connectivity index (χ4n) is 4.37. The molecule has 1 heterocycles. The van der Waals surface area contributed by atoms with Crippen molar-refractivity contribution in [1.82, 2.24) is 4.31 Å². The third kappa shape index (κ3) is 3.45. The van der Waals surface area contributed by atoms with Crippen molar-refractivity contribution in [3.05, 3.63) is 40.5 Å². The lowest BCUT2D eigenvalue weighted by molar-refractivity contribution is 0.428. The summed E-state index contributed by atoms with van der Waals surface area (Å²) in [5, 5.41) is 0. The van der Waals surface area contributed by atoms with E-state index in [0.717, 1.165) is 42.4 Å². The maximum atomic E-state index is 13.3. The molecule has 1 aliphatic heterocycles. The molecule has 0 unspecified atom stereocenters. The molecule has 0 N–H and O–H groups in total. The topological polar surface area (TPSA) is 37.4 Å². The van der Waals surface area contributed by atoms with Gasteiger partial charge < -0.3 is 0 Å². The molecule has 132 valence electrons. The van der Waals surface area contributed by atoms with Gasteiger partial charge >= 0.3 is 0 Å². The highest BCUT2D eigenvalue weighted by Crippen LogP contribution is 2.33. The lowest BCUT2D eigenvalue weighted by Gasteiger charge is -2.25. The third-order valence-corrected chi connectivity index (χ3v) is 7.57. The molecule has 24 heavy (non-hydrogen) atoms. The molecular weight excluding hydrogens is 318 g/mol. The number of sulfonamides is 1. The quantitative estimate of drug-likeness (QED) is 0.746. The molecule has 1 atom stereocenters. The van der Waals surface area contributed by atoms with Crippen LogP contribution >= 0.6 is 0 Å². The molecule has 1 saturated carbocycles. The largest absolute Gasteiger partial charge is 0.244 e. The van der Waals surface area contributed by atoms with Crippen LogP contribution in [0.15, 0.2) is 28.7 Å². The van der Waals surface area contributed by atoms with E-state index >= 15 is 0 Å². The van der Waals surface area contributed by atoms with Gasteiger partial charge in [-0.05, 0) is 70.4 Å². The van der Waals surface area contributed by atoms with E-state index in [-0.39, 0.29) is 6.04 Å². The van der Waals surface area contributed by atoms with E-state index in [4.69, 9.17) is 0 Å². The second-order valence-corrected chi connectivity index (χ2v) is 9.27. The first-order chi connectivity index (χ1) is 11.4. The van der Waals surface area contributed by atoms with Gasteiger partial charge in [0.25, 0.3) is 0 Å². The summed E-state index contributed by atoms with van der Waals surface area (Å²) in [6.45, 7) is 6.49. The zero-order valence-electron chi connectivity index (χ0n) is 15.1. The minimum Gasteiger partial charge on any atom is -0.207 e. The highest BCUT2D eigenvalue weighted by Gasteiger charge is 2.36. The predicted octanol–water partition coefficient (Wildman–Crippen LogP) is 4.66. The number of hydrogen-bond donors (Lipinski definition) is 0. The maximum absolute atomic E-state index is 13.3. The van der Waals surface area contributed by atoms with Gasteiger partial charge in [0.1, 0.15) is 0 Å². The summed E-state index contributed by atoms with van der Waals surface area (Å²) >= 11 is 0. The van der Waals surface area contributed by atoms with Crippen LogP contribution in [0.5, 0.6) is 0 Å². The van der Waals surface area contributed by atoms with E-state index in [1.807, 2.05) is 32.9 Å². The van der Waals surface area contributed by atoms with Crippen LogP contribution in [-0.2, 0) is 10.0 Å². The van der Waals surface area contributed by atoms with Gasteiger partial charge in [0.15, 0.2) is 0 Å². The maximum Gasteiger partial charge on any atom is 0.244 e. The summed E-state index contributed by atoms with van der Waals surface area (Å²) in [7, 11) is -3.43. The fourth-order valence-corrected chi connectivity index (χ4v) is 6.42. The molecule has 1 aromatic rings. The monoisotopic (exact) mass is 347 g/mol. The van der Waals surface area contributed by atoms with Crippen LogP contribution in [0.3, 0.4) is 0 Å². The predicted molar refractivity (Wildman–Crippen MR) is 98.7 cm³/mol. The summed E-state index contributed by atoms with van der Waals surface area (Å²) in [6.07, 6.45) is 10.3.